The minimum absolute atomic E-state index is 0.0586. The Morgan fingerprint density at radius 3 is 2.46 bits per heavy atom. The number of aliphatic hydroxyl groups is 1. The molecule has 1 atom stereocenters. The topological polar surface area (TPSA) is 33.1 Å². The molecule has 2 nitrogen and oxygen atoms in total. The minimum atomic E-state index is 0.0586. The van der Waals surface area contributed by atoms with E-state index < -0.39 is 0 Å². The van der Waals surface area contributed by atoms with E-state index in [0.29, 0.717) is 0 Å². The Balaban J connectivity index is 2.92. The van der Waals surface area contributed by atoms with Gasteiger partial charge in [-0.15, -0.1) is 0 Å². The highest BCUT2D eigenvalue weighted by molar-refractivity contribution is 5.12. The molecule has 0 spiro atoms. The van der Waals surface area contributed by atoms with Crippen molar-refractivity contribution in [2.45, 2.75) is 26.7 Å². The molecule has 0 aliphatic rings. The maximum Gasteiger partial charge on any atom is 0.0519 e. The lowest BCUT2D eigenvalue weighted by atomic mass is 9.79. The predicted octanol–water partition coefficient (Wildman–Crippen LogP) is 2.20. The van der Waals surface area contributed by atoms with Crippen LogP contribution in [0.25, 0.3) is 0 Å². The van der Waals surface area contributed by atoms with Crippen LogP contribution in [-0.4, -0.2) is 16.7 Å². The summed E-state index contributed by atoms with van der Waals surface area (Å²) < 4.78 is 0. The maximum absolute atomic E-state index is 9.28. The SMILES string of the molecule is CC(C)(C)[C@H](CO)c1ccccn1. The summed E-state index contributed by atoms with van der Waals surface area (Å²) in [7, 11) is 0. The van der Waals surface area contributed by atoms with Gasteiger partial charge in [0.05, 0.1) is 6.61 Å². The summed E-state index contributed by atoms with van der Waals surface area (Å²) in [5.74, 6) is 0.119. The van der Waals surface area contributed by atoms with Crippen LogP contribution in [0.3, 0.4) is 0 Å². The van der Waals surface area contributed by atoms with E-state index in [1.165, 1.54) is 0 Å². The molecule has 0 amide bonds. The molecule has 13 heavy (non-hydrogen) atoms. The summed E-state index contributed by atoms with van der Waals surface area (Å²) in [6, 6.07) is 5.81. The van der Waals surface area contributed by atoms with E-state index in [2.05, 4.69) is 25.8 Å². The molecular formula is C11H17NO. The van der Waals surface area contributed by atoms with E-state index in [-0.39, 0.29) is 17.9 Å². The Morgan fingerprint density at radius 1 is 1.38 bits per heavy atom. The monoisotopic (exact) mass is 179 g/mol. The first kappa shape index (κ1) is 10.2. The molecule has 0 aliphatic carbocycles. The summed E-state index contributed by atoms with van der Waals surface area (Å²) in [5.41, 5.74) is 1.03. The highest BCUT2D eigenvalue weighted by Gasteiger charge is 2.26. The standard InChI is InChI=1S/C11H17NO/c1-11(2,3)9(8-13)10-6-4-5-7-12-10/h4-7,9,13H,8H2,1-3H3/t9-/m1/s1. The summed E-state index contributed by atoms with van der Waals surface area (Å²) in [5, 5.41) is 9.28. The van der Waals surface area contributed by atoms with Gasteiger partial charge in [0.2, 0.25) is 0 Å². The van der Waals surface area contributed by atoms with Crippen LogP contribution in [0.4, 0.5) is 0 Å². The van der Waals surface area contributed by atoms with Crippen molar-refractivity contribution in [1.82, 2.24) is 4.98 Å². The number of nitrogens with zero attached hydrogens (tertiary/aromatic N) is 1. The predicted molar refractivity (Wildman–Crippen MR) is 53.5 cm³/mol. The third kappa shape index (κ3) is 2.52. The molecule has 0 bridgehead atoms. The molecule has 1 aromatic heterocycles. The van der Waals surface area contributed by atoms with Crippen molar-refractivity contribution in [2.24, 2.45) is 5.41 Å². The minimum Gasteiger partial charge on any atom is -0.396 e. The number of pyridine rings is 1. The lowest BCUT2D eigenvalue weighted by molar-refractivity contribution is 0.184. The highest BCUT2D eigenvalue weighted by Crippen LogP contribution is 2.32. The second kappa shape index (κ2) is 3.88. The maximum atomic E-state index is 9.28. The number of aromatic nitrogens is 1. The normalized spacial score (nSPS) is 14.2. The van der Waals surface area contributed by atoms with Crippen molar-refractivity contribution < 1.29 is 5.11 Å². The molecule has 0 radical (unpaired) electrons. The third-order valence-electron chi connectivity index (χ3n) is 2.27. The fraction of sp³-hybridized carbons (Fsp3) is 0.545. The van der Waals surface area contributed by atoms with Crippen molar-refractivity contribution in [1.29, 1.82) is 0 Å². The van der Waals surface area contributed by atoms with Crippen molar-refractivity contribution in [3.05, 3.63) is 30.1 Å². The van der Waals surface area contributed by atoms with Crippen LogP contribution in [0.1, 0.15) is 32.4 Å². The summed E-state index contributed by atoms with van der Waals surface area (Å²) in [6.45, 7) is 6.49. The van der Waals surface area contributed by atoms with Crippen molar-refractivity contribution in [3.63, 3.8) is 0 Å². The quantitative estimate of drug-likeness (QED) is 0.755. The van der Waals surface area contributed by atoms with Gasteiger partial charge < -0.3 is 5.11 Å². The first-order chi connectivity index (χ1) is 6.05. The Morgan fingerprint density at radius 2 is 2.08 bits per heavy atom. The molecule has 0 unspecified atom stereocenters. The molecule has 1 heterocycles. The third-order valence-corrected chi connectivity index (χ3v) is 2.27. The molecule has 0 fully saturated rings. The molecule has 0 aliphatic heterocycles. The van der Waals surface area contributed by atoms with Crippen LogP contribution in [0.5, 0.6) is 0 Å². The van der Waals surface area contributed by atoms with Crippen LogP contribution in [0.15, 0.2) is 24.4 Å². The van der Waals surface area contributed by atoms with Gasteiger partial charge in [-0.2, -0.15) is 0 Å². The average molecular weight is 179 g/mol. The van der Waals surface area contributed by atoms with E-state index in [0.717, 1.165) is 5.69 Å². The van der Waals surface area contributed by atoms with Gasteiger partial charge >= 0.3 is 0 Å². The number of aliphatic hydroxyl groups excluding tert-OH is 1. The second-order valence-electron chi connectivity index (χ2n) is 4.36. The molecular weight excluding hydrogens is 162 g/mol. The highest BCUT2D eigenvalue weighted by atomic mass is 16.3. The molecule has 1 rings (SSSR count). The van der Waals surface area contributed by atoms with Crippen LogP contribution >= 0.6 is 0 Å². The van der Waals surface area contributed by atoms with Gasteiger partial charge in [0.1, 0.15) is 0 Å². The lowest BCUT2D eigenvalue weighted by Crippen LogP contribution is -2.22. The number of hydrogen-bond acceptors (Lipinski definition) is 2. The number of rotatable bonds is 2. The Labute approximate surface area is 79.6 Å². The lowest BCUT2D eigenvalue weighted by Gasteiger charge is -2.28. The summed E-state index contributed by atoms with van der Waals surface area (Å²) in [4.78, 5) is 4.26. The average Bonchev–Trinajstić information content (AvgIpc) is 2.05. The largest absolute Gasteiger partial charge is 0.396 e. The molecule has 2 heteroatoms. The summed E-state index contributed by atoms with van der Waals surface area (Å²) >= 11 is 0. The zero-order valence-corrected chi connectivity index (χ0v) is 8.49. The van der Waals surface area contributed by atoms with Gasteiger partial charge in [-0.05, 0) is 17.5 Å². The van der Waals surface area contributed by atoms with Gasteiger partial charge in [0.15, 0.2) is 0 Å². The van der Waals surface area contributed by atoms with E-state index in [1.807, 2.05) is 18.2 Å². The van der Waals surface area contributed by atoms with E-state index >= 15 is 0 Å². The van der Waals surface area contributed by atoms with Gasteiger partial charge in [-0.1, -0.05) is 26.8 Å². The van der Waals surface area contributed by atoms with E-state index in [4.69, 9.17) is 0 Å². The summed E-state index contributed by atoms with van der Waals surface area (Å²) in [6.07, 6.45) is 1.77. The Bertz CT molecular complexity index is 251. The smallest absolute Gasteiger partial charge is 0.0519 e. The van der Waals surface area contributed by atoms with Crippen LogP contribution in [0, 0.1) is 5.41 Å². The molecule has 72 valence electrons. The Kier molecular flexibility index (Phi) is 3.04. The zero-order chi connectivity index (χ0) is 9.90. The Hall–Kier alpha value is -0.890. The first-order valence-electron chi connectivity index (χ1n) is 4.57. The van der Waals surface area contributed by atoms with Crippen LogP contribution < -0.4 is 0 Å². The van der Waals surface area contributed by atoms with Gasteiger partial charge in [0, 0.05) is 17.8 Å². The van der Waals surface area contributed by atoms with Gasteiger partial charge in [-0.25, -0.2) is 0 Å². The van der Waals surface area contributed by atoms with Gasteiger partial charge in [0.25, 0.3) is 0 Å². The van der Waals surface area contributed by atoms with E-state index in [1.54, 1.807) is 6.20 Å². The van der Waals surface area contributed by atoms with Crippen LogP contribution in [0.2, 0.25) is 0 Å². The van der Waals surface area contributed by atoms with Crippen molar-refractivity contribution >= 4 is 0 Å². The number of hydrogen-bond donors (Lipinski definition) is 1. The molecule has 0 aromatic carbocycles. The first-order valence-corrected chi connectivity index (χ1v) is 4.57. The zero-order valence-electron chi connectivity index (χ0n) is 8.49. The second-order valence-corrected chi connectivity index (χ2v) is 4.36. The molecule has 1 N–H and O–H groups in total. The fourth-order valence-electron chi connectivity index (χ4n) is 1.39. The molecule has 1 aromatic rings. The molecule has 0 saturated heterocycles. The van der Waals surface area contributed by atoms with Crippen molar-refractivity contribution in [3.8, 4) is 0 Å². The fourth-order valence-corrected chi connectivity index (χ4v) is 1.39. The van der Waals surface area contributed by atoms with Gasteiger partial charge in [-0.3, -0.25) is 4.98 Å². The molecule has 0 saturated carbocycles. The van der Waals surface area contributed by atoms with E-state index in [9.17, 15) is 5.11 Å². The van der Waals surface area contributed by atoms with Crippen molar-refractivity contribution in [2.75, 3.05) is 6.61 Å². The van der Waals surface area contributed by atoms with Crippen LogP contribution in [-0.2, 0) is 0 Å².